The van der Waals surface area contributed by atoms with Crippen LogP contribution in [-0.4, -0.2) is 76.8 Å². The molecule has 1 aliphatic rings. The van der Waals surface area contributed by atoms with Gasteiger partial charge in [-0.05, 0) is 68.1 Å². The normalized spacial score (nSPS) is 17.5. The van der Waals surface area contributed by atoms with Crippen molar-refractivity contribution in [3.05, 3.63) is 89.2 Å². The van der Waals surface area contributed by atoms with Crippen LogP contribution in [0.25, 0.3) is 0 Å². The van der Waals surface area contributed by atoms with E-state index in [9.17, 15) is 29.0 Å². The number of hydrogen-bond donors (Lipinski definition) is 4. The minimum atomic E-state index is -0.989. The number of urea groups is 1. The number of nitrogens with one attached hydrogen (secondary N) is 2. The van der Waals surface area contributed by atoms with Gasteiger partial charge >= 0.3 is 12.0 Å². The topological polar surface area (TPSA) is 131 Å². The summed E-state index contributed by atoms with van der Waals surface area (Å²) in [5.41, 5.74) is 2.05. The molecule has 1 heterocycles. The Balaban J connectivity index is 1.60. The second-order valence-corrected chi connectivity index (χ2v) is 10.6. The number of anilines is 2. The molecule has 3 amide bonds. The first-order valence-electron chi connectivity index (χ1n) is 13.6. The highest BCUT2D eigenvalue weighted by atomic mass is 19.1. The molecule has 11 heteroatoms. The van der Waals surface area contributed by atoms with Gasteiger partial charge in [-0.25, -0.2) is 14.0 Å². The molecule has 3 aromatic carbocycles. The average molecular weight is 579 g/mol. The molecule has 0 unspecified atom stereocenters. The van der Waals surface area contributed by atoms with Crippen LogP contribution < -0.4 is 15.4 Å². The smallest absolute Gasteiger partial charge is 0.335 e. The predicted octanol–water partition coefficient (Wildman–Crippen LogP) is 4.52. The van der Waals surface area contributed by atoms with E-state index in [1.165, 1.54) is 24.3 Å². The predicted molar refractivity (Wildman–Crippen MR) is 156 cm³/mol. The second-order valence-electron chi connectivity index (χ2n) is 10.6. The number of ether oxygens (including phenoxy) is 1. The minimum Gasteiger partial charge on any atom is -0.486 e. The Labute approximate surface area is 243 Å². The molecule has 0 saturated heterocycles. The molecule has 10 nitrogen and oxygen atoms in total. The first kappa shape index (κ1) is 30.5. The SMILES string of the molecule is C[C@@H]1CN([C@@H](C)CO)C(=O)c2cccc(NC(=O)Nc3ccc(F)cc3)c2O[C@@H]1CN(C)Cc1ccc(C(=O)O)cc1. The molecule has 42 heavy (non-hydrogen) atoms. The van der Waals surface area contributed by atoms with E-state index in [1.807, 2.05) is 18.9 Å². The van der Waals surface area contributed by atoms with Gasteiger partial charge in [0.2, 0.25) is 0 Å². The van der Waals surface area contributed by atoms with Crippen LogP contribution in [-0.2, 0) is 6.54 Å². The standard InChI is InChI=1S/C31H35FN4O6/c1-19-15-36(20(2)18-37)29(38)25-5-4-6-26(34-31(41)33-24-13-11-23(32)12-14-24)28(25)42-27(19)17-35(3)16-21-7-9-22(10-8-21)30(39)40/h4-14,19-20,27,37H,15-18H2,1-3H3,(H,39,40)(H2,33,34,41)/t19-,20+,27-/m1/s1. The van der Waals surface area contributed by atoms with Gasteiger partial charge in [-0.2, -0.15) is 0 Å². The average Bonchev–Trinajstić information content (AvgIpc) is 2.96. The maximum Gasteiger partial charge on any atom is 0.335 e. The third-order valence-electron chi connectivity index (χ3n) is 7.19. The van der Waals surface area contributed by atoms with Gasteiger partial charge in [0.25, 0.3) is 5.91 Å². The Morgan fingerprint density at radius 1 is 1.10 bits per heavy atom. The number of carboxylic acid groups (broad SMARTS) is 1. The van der Waals surface area contributed by atoms with Gasteiger partial charge in [0, 0.05) is 31.2 Å². The molecular weight excluding hydrogens is 543 g/mol. The Kier molecular flexibility index (Phi) is 9.76. The summed E-state index contributed by atoms with van der Waals surface area (Å²) in [4.78, 5) is 41.4. The van der Waals surface area contributed by atoms with Crippen LogP contribution in [0.4, 0.5) is 20.6 Å². The molecule has 1 aliphatic heterocycles. The quantitative estimate of drug-likeness (QED) is 0.294. The van der Waals surface area contributed by atoms with Crippen molar-refractivity contribution in [2.75, 3.05) is 37.4 Å². The number of halogens is 1. The van der Waals surface area contributed by atoms with E-state index in [0.29, 0.717) is 25.3 Å². The number of fused-ring (bicyclic) bond motifs is 1. The zero-order valence-electron chi connectivity index (χ0n) is 23.7. The van der Waals surface area contributed by atoms with Gasteiger partial charge in [-0.15, -0.1) is 0 Å². The summed E-state index contributed by atoms with van der Waals surface area (Å²) in [5.74, 6) is -1.69. The van der Waals surface area contributed by atoms with Crippen LogP contribution in [0, 0.1) is 11.7 Å². The van der Waals surface area contributed by atoms with E-state index in [-0.39, 0.29) is 41.0 Å². The van der Waals surface area contributed by atoms with Gasteiger partial charge in [-0.1, -0.05) is 25.1 Å². The van der Waals surface area contributed by atoms with Crippen molar-refractivity contribution in [1.29, 1.82) is 0 Å². The number of hydrogen-bond acceptors (Lipinski definition) is 6. The van der Waals surface area contributed by atoms with Crippen molar-refractivity contribution in [3.8, 4) is 5.75 Å². The van der Waals surface area contributed by atoms with E-state index in [4.69, 9.17) is 4.74 Å². The van der Waals surface area contributed by atoms with E-state index >= 15 is 0 Å². The van der Waals surface area contributed by atoms with Crippen LogP contribution >= 0.6 is 0 Å². The fourth-order valence-corrected chi connectivity index (χ4v) is 4.81. The Morgan fingerprint density at radius 3 is 2.43 bits per heavy atom. The number of carbonyl (C=O) groups excluding carboxylic acids is 2. The summed E-state index contributed by atoms with van der Waals surface area (Å²) in [5, 5.41) is 24.5. The number of rotatable bonds is 9. The van der Waals surface area contributed by atoms with Crippen molar-refractivity contribution >= 4 is 29.3 Å². The van der Waals surface area contributed by atoms with Gasteiger partial charge in [0.05, 0.1) is 29.5 Å². The summed E-state index contributed by atoms with van der Waals surface area (Å²) in [7, 11) is 1.92. The van der Waals surface area contributed by atoms with Gasteiger partial charge in [0.15, 0.2) is 5.75 Å². The zero-order valence-corrected chi connectivity index (χ0v) is 23.7. The number of carboxylic acids is 1. The Morgan fingerprint density at radius 2 is 1.79 bits per heavy atom. The summed E-state index contributed by atoms with van der Waals surface area (Å²) >= 11 is 0. The molecule has 0 saturated carbocycles. The lowest BCUT2D eigenvalue weighted by molar-refractivity contribution is 0.0343. The third-order valence-corrected chi connectivity index (χ3v) is 7.19. The number of nitrogens with zero attached hydrogens (tertiary/aromatic N) is 2. The number of benzene rings is 3. The molecule has 0 aliphatic carbocycles. The maximum absolute atomic E-state index is 13.7. The lowest BCUT2D eigenvalue weighted by Crippen LogP contribution is -2.49. The lowest BCUT2D eigenvalue weighted by Gasteiger charge is -2.38. The number of aromatic carboxylic acids is 1. The monoisotopic (exact) mass is 578 g/mol. The third kappa shape index (κ3) is 7.42. The van der Waals surface area contributed by atoms with E-state index < -0.39 is 30.0 Å². The van der Waals surface area contributed by atoms with Gasteiger partial charge in [-0.3, -0.25) is 9.69 Å². The van der Waals surface area contributed by atoms with Crippen LogP contribution in [0.5, 0.6) is 5.75 Å². The second kappa shape index (κ2) is 13.5. The largest absolute Gasteiger partial charge is 0.486 e. The Bertz CT molecular complexity index is 1420. The summed E-state index contributed by atoms with van der Waals surface area (Å²) in [6, 6.07) is 15.8. The molecule has 4 rings (SSSR count). The number of aliphatic hydroxyl groups is 1. The molecule has 0 spiro atoms. The van der Waals surface area contributed by atoms with Crippen LogP contribution in [0.15, 0.2) is 66.7 Å². The van der Waals surface area contributed by atoms with Crippen LogP contribution in [0.1, 0.15) is 40.1 Å². The number of carbonyl (C=O) groups is 3. The summed E-state index contributed by atoms with van der Waals surface area (Å²) in [6.07, 6.45) is -0.420. The lowest BCUT2D eigenvalue weighted by atomic mass is 9.98. The fourth-order valence-electron chi connectivity index (χ4n) is 4.81. The van der Waals surface area contributed by atoms with Crippen LogP contribution in [0.2, 0.25) is 0 Å². The first-order chi connectivity index (χ1) is 20.0. The highest BCUT2D eigenvalue weighted by Gasteiger charge is 2.34. The zero-order chi connectivity index (χ0) is 30.4. The van der Waals surface area contributed by atoms with E-state index in [1.54, 1.807) is 54.3 Å². The highest BCUT2D eigenvalue weighted by molar-refractivity contribution is 6.04. The van der Waals surface area contributed by atoms with Crippen molar-refractivity contribution in [3.63, 3.8) is 0 Å². The van der Waals surface area contributed by atoms with Gasteiger partial charge in [0.1, 0.15) is 11.9 Å². The first-order valence-corrected chi connectivity index (χ1v) is 13.6. The highest BCUT2D eigenvalue weighted by Crippen LogP contribution is 2.35. The van der Waals surface area contributed by atoms with Crippen molar-refractivity contribution in [2.24, 2.45) is 5.92 Å². The maximum atomic E-state index is 13.7. The van der Waals surface area contributed by atoms with Crippen LogP contribution in [0.3, 0.4) is 0 Å². The van der Waals surface area contributed by atoms with Gasteiger partial charge < -0.3 is 30.5 Å². The molecule has 222 valence electrons. The van der Waals surface area contributed by atoms with Crippen molar-refractivity contribution < 1.29 is 33.7 Å². The molecule has 0 bridgehead atoms. The molecule has 3 aromatic rings. The number of para-hydroxylation sites is 1. The molecular formula is C31H35FN4O6. The summed E-state index contributed by atoms with van der Waals surface area (Å²) < 4.78 is 19.8. The number of likely N-dealkylation sites (N-methyl/N-ethyl adjacent to an activating group) is 1. The minimum absolute atomic E-state index is 0.158. The molecule has 0 aromatic heterocycles. The summed E-state index contributed by atoms with van der Waals surface area (Å²) in [6.45, 7) is 4.83. The molecule has 3 atom stereocenters. The number of aliphatic hydroxyl groups excluding tert-OH is 1. The Hall–Kier alpha value is -4.48. The van der Waals surface area contributed by atoms with Crippen molar-refractivity contribution in [2.45, 2.75) is 32.5 Å². The molecule has 4 N–H and O–H groups in total. The number of amides is 3. The fraction of sp³-hybridized carbons (Fsp3) is 0.323. The molecule has 0 radical (unpaired) electrons. The van der Waals surface area contributed by atoms with E-state index in [2.05, 4.69) is 10.6 Å². The van der Waals surface area contributed by atoms with Crippen molar-refractivity contribution in [1.82, 2.24) is 9.80 Å². The molecule has 0 fully saturated rings. The van der Waals surface area contributed by atoms with E-state index in [0.717, 1.165) is 5.56 Å².